The zero-order chi connectivity index (χ0) is 19.6. The minimum absolute atomic E-state index is 0.290. The van der Waals surface area contributed by atoms with Gasteiger partial charge in [0.15, 0.2) is 0 Å². The summed E-state index contributed by atoms with van der Waals surface area (Å²) in [5, 5.41) is 4.06. The van der Waals surface area contributed by atoms with Crippen molar-refractivity contribution in [2.75, 3.05) is 6.61 Å². The van der Waals surface area contributed by atoms with Gasteiger partial charge in [0.2, 0.25) is 0 Å². The zero-order valence-corrected chi connectivity index (χ0v) is 15.7. The van der Waals surface area contributed by atoms with Crippen LogP contribution >= 0.6 is 0 Å². The Morgan fingerprint density at radius 2 is 1.64 bits per heavy atom. The van der Waals surface area contributed by atoms with Gasteiger partial charge in [-0.05, 0) is 48.9 Å². The largest absolute Gasteiger partial charge is 0.494 e. The molecule has 0 bridgehead atoms. The Kier molecular flexibility index (Phi) is 6.79. The minimum Gasteiger partial charge on any atom is -0.494 e. The van der Waals surface area contributed by atoms with Crippen molar-refractivity contribution >= 4 is 12.1 Å². The highest BCUT2D eigenvalue weighted by atomic mass is 16.5. The molecule has 0 spiro atoms. The molecule has 5 nitrogen and oxygen atoms in total. The maximum absolute atomic E-state index is 12.2. The highest BCUT2D eigenvalue weighted by molar-refractivity contribution is 5.95. The highest BCUT2D eigenvalue weighted by Gasteiger charge is 2.05. The van der Waals surface area contributed by atoms with Crippen molar-refractivity contribution < 1.29 is 14.3 Å². The number of hydrazone groups is 1. The summed E-state index contributed by atoms with van der Waals surface area (Å²) in [4.78, 5) is 12.2. The van der Waals surface area contributed by atoms with Gasteiger partial charge >= 0.3 is 0 Å². The lowest BCUT2D eigenvalue weighted by Gasteiger charge is -2.09. The van der Waals surface area contributed by atoms with Crippen molar-refractivity contribution in [3.63, 3.8) is 0 Å². The normalized spacial score (nSPS) is 10.6. The summed E-state index contributed by atoms with van der Waals surface area (Å²) in [6.45, 7) is 2.96. The lowest BCUT2D eigenvalue weighted by atomic mass is 10.2. The first-order valence-corrected chi connectivity index (χ1v) is 9.08. The molecule has 142 valence electrons. The second-order valence-corrected chi connectivity index (χ2v) is 5.97. The summed E-state index contributed by atoms with van der Waals surface area (Å²) >= 11 is 0. The summed E-state index contributed by atoms with van der Waals surface area (Å²) in [6, 6.07) is 24.4. The summed E-state index contributed by atoms with van der Waals surface area (Å²) in [5.74, 6) is 1.14. The third-order valence-corrected chi connectivity index (χ3v) is 3.95. The molecule has 28 heavy (non-hydrogen) atoms. The first-order valence-electron chi connectivity index (χ1n) is 9.08. The molecule has 0 aliphatic heterocycles. The fraction of sp³-hybridized carbons (Fsp3) is 0.130. The quantitative estimate of drug-likeness (QED) is 0.469. The Hall–Kier alpha value is -3.60. The minimum atomic E-state index is -0.290. The Labute approximate surface area is 164 Å². The van der Waals surface area contributed by atoms with Crippen LogP contribution in [0, 0.1) is 0 Å². The molecule has 0 saturated carbocycles. The van der Waals surface area contributed by atoms with Gasteiger partial charge in [0, 0.05) is 11.1 Å². The van der Waals surface area contributed by atoms with Crippen LogP contribution in [0.15, 0.2) is 84.0 Å². The fourth-order valence-electron chi connectivity index (χ4n) is 2.55. The number of carbonyl (C=O) groups excluding carboxylic acids is 1. The number of nitrogens with one attached hydrogen (secondary N) is 1. The maximum Gasteiger partial charge on any atom is 0.271 e. The van der Waals surface area contributed by atoms with E-state index in [4.69, 9.17) is 9.47 Å². The number of para-hydroxylation sites is 1. The van der Waals surface area contributed by atoms with E-state index in [0.29, 0.717) is 24.5 Å². The monoisotopic (exact) mass is 374 g/mol. The second kappa shape index (κ2) is 9.92. The predicted octanol–water partition coefficient (Wildman–Crippen LogP) is 4.43. The molecule has 0 fully saturated rings. The predicted molar refractivity (Wildman–Crippen MR) is 110 cm³/mol. The van der Waals surface area contributed by atoms with Gasteiger partial charge in [0.25, 0.3) is 5.91 Å². The topological polar surface area (TPSA) is 59.9 Å². The fourth-order valence-corrected chi connectivity index (χ4v) is 2.55. The van der Waals surface area contributed by atoms with Crippen molar-refractivity contribution in [3.05, 3.63) is 95.6 Å². The second-order valence-electron chi connectivity index (χ2n) is 5.97. The molecule has 0 atom stereocenters. The van der Waals surface area contributed by atoms with Crippen LogP contribution in [-0.2, 0) is 6.61 Å². The zero-order valence-electron chi connectivity index (χ0n) is 15.7. The van der Waals surface area contributed by atoms with E-state index < -0.39 is 0 Å². The van der Waals surface area contributed by atoms with E-state index in [2.05, 4.69) is 10.5 Å². The maximum atomic E-state index is 12.2. The van der Waals surface area contributed by atoms with E-state index in [1.807, 2.05) is 61.5 Å². The molecule has 0 aliphatic carbocycles. The smallest absolute Gasteiger partial charge is 0.271 e. The van der Waals surface area contributed by atoms with Crippen molar-refractivity contribution in [3.8, 4) is 11.5 Å². The molecule has 0 radical (unpaired) electrons. The van der Waals surface area contributed by atoms with Crippen LogP contribution in [0.25, 0.3) is 0 Å². The number of hydrogen-bond acceptors (Lipinski definition) is 4. The molecule has 0 saturated heterocycles. The van der Waals surface area contributed by atoms with Crippen LogP contribution in [0.2, 0.25) is 0 Å². The summed E-state index contributed by atoms with van der Waals surface area (Å²) < 4.78 is 11.3. The number of rotatable bonds is 8. The van der Waals surface area contributed by atoms with Crippen LogP contribution < -0.4 is 14.9 Å². The van der Waals surface area contributed by atoms with E-state index in [1.165, 1.54) is 0 Å². The van der Waals surface area contributed by atoms with E-state index in [1.54, 1.807) is 30.5 Å². The van der Waals surface area contributed by atoms with Crippen molar-refractivity contribution in [2.45, 2.75) is 13.5 Å². The molecule has 5 heteroatoms. The molecule has 1 amide bonds. The van der Waals surface area contributed by atoms with Crippen molar-refractivity contribution in [1.82, 2.24) is 5.43 Å². The SMILES string of the molecule is CCOc1ccc(C(=O)N/N=C/c2ccccc2OCc2ccccc2)cc1. The summed E-state index contributed by atoms with van der Waals surface area (Å²) in [7, 11) is 0. The first kappa shape index (κ1) is 19.2. The number of hydrogen-bond donors (Lipinski definition) is 1. The Morgan fingerprint density at radius 3 is 2.39 bits per heavy atom. The molecule has 1 N–H and O–H groups in total. The van der Waals surface area contributed by atoms with E-state index >= 15 is 0 Å². The molecule has 0 aromatic heterocycles. The van der Waals surface area contributed by atoms with Crippen LogP contribution in [0.3, 0.4) is 0 Å². The Balaban J connectivity index is 1.60. The molecule has 0 unspecified atom stereocenters. The van der Waals surface area contributed by atoms with Gasteiger partial charge < -0.3 is 9.47 Å². The van der Waals surface area contributed by atoms with Gasteiger partial charge in [-0.3, -0.25) is 4.79 Å². The molecule has 3 aromatic carbocycles. The highest BCUT2D eigenvalue weighted by Crippen LogP contribution is 2.17. The van der Waals surface area contributed by atoms with Crippen LogP contribution in [-0.4, -0.2) is 18.7 Å². The summed E-state index contributed by atoms with van der Waals surface area (Å²) in [5.41, 5.74) is 4.91. The van der Waals surface area contributed by atoms with Crippen LogP contribution in [0.5, 0.6) is 11.5 Å². The first-order chi connectivity index (χ1) is 13.8. The standard InChI is InChI=1S/C23H22N2O3/c1-2-27-21-14-12-19(13-15-21)23(26)25-24-16-20-10-6-7-11-22(20)28-17-18-8-4-3-5-9-18/h3-16H,2,17H2,1H3,(H,25,26)/b24-16+. The molecular formula is C23H22N2O3. The van der Waals surface area contributed by atoms with Gasteiger partial charge in [-0.25, -0.2) is 5.43 Å². The number of benzene rings is 3. The van der Waals surface area contributed by atoms with E-state index in [9.17, 15) is 4.79 Å². The lowest BCUT2D eigenvalue weighted by molar-refractivity contribution is 0.0955. The van der Waals surface area contributed by atoms with Crippen molar-refractivity contribution in [2.24, 2.45) is 5.10 Å². The third kappa shape index (κ3) is 5.45. The molecule has 3 aromatic rings. The van der Waals surface area contributed by atoms with E-state index in [-0.39, 0.29) is 5.91 Å². The molecular weight excluding hydrogens is 352 g/mol. The van der Waals surface area contributed by atoms with Crippen molar-refractivity contribution in [1.29, 1.82) is 0 Å². The average molecular weight is 374 g/mol. The molecule has 3 rings (SSSR count). The Bertz CT molecular complexity index is 922. The summed E-state index contributed by atoms with van der Waals surface area (Å²) in [6.07, 6.45) is 1.58. The van der Waals surface area contributed by atoms with Crippen LogP contribution in [0.4, 0.5) is 0 Å². The molecule has 0 aliphatic rings. The molecule has 0 heterocycles. The number of ether oxygens (including phenoxy) is 2. The lowest BCUT2D eigenvalue weighted by Crippen LogP contribution is -2.17. The van der Waals surface area contributed by atoms with Crippen LogP contribution in [0.1, 0.15) is 28.4 Å². The van der Waals surface area contributed by atoms with Gasteiger partial charge in [-0.15, -0.1) is 0 Å². The average Bonchev–Trinajstić information content (AvgIpc) is 2.74. The van der Waals surface area contributed by atoms with Gasteiger partial charge in [-0.2, -0.15) is 5.10 Å². The van der Waals surface area contributed by atoms with Gasteiger partial charge in [0.05, 0.1) is 12.8 Å². The number of carbonyl (C=O) groups is 1. The number of amides is 1. The Morgan fingerprint density at radius 1 is 0.929 bits per heavy atom. The van der Waals surface area contributed by atoms with Gasteiger partial charge in [0.1, 0.15) is 18.1 Å². The van der Waals surface area contributed by atoms with E-state index in [0.717, 1.165) is 16.9 Å². The van der Waals surface area contributed by atoms with Gasteiger partial charge in [-0.1, -0.05) is 42.5 Å². The number of nitrogens with zero attached hydrogens (tertiary/aromatic N) is 1. The third-order valence-electron chi connectivity index (χ3n) is 3.95.